The standard InChI is InChI=1S/C9H9BrO3/c1-5-3-6(4-11)7(10)8(12)9(5)13-2/h3-4,12H,1-2H3. The molecule has 0 heterocycles. The molecule has 0 aliphatic carbocycles. The third-order valence-electron chi connectivity index (χ3n) is 1.74. The van der Waals surface area contributed by atoms with E-state index in [-0.39, 0.29) is 5.75 Å². The lowest BCUT2D eigenvalue weighted by Crippen LogP contribution is -1.92. The largest absolute Gasteiger partial charge is 0.503 e. The predicted molar refractivity (Wildman–Crippen MR) is 52.5 cm³/mol. The average molecular weight is 245 g/mol. The fourth-order valence-corrected chi connectivity index (χ4v) is 1.52. The van der Waals surface area contributed by atoms with Crippen LogP contribution in [0.4, 0.5) is 0 Å². The van der Waals surface area contributed by atoms with E-state index in [1.54, 1.807) is 13.0 Å². The quantitative estimate of drug-likeness (QED) is 0.813. The molecule has 0 unspecified atom stereocenters. The van der Waals surface area contributed by atoms with Gasteiger partial charge in [-0.1, -0.05) is 0 Å². The van der Waals surface area contributed by atoms with E-state index in [0.29, 0.717) is 22.1 Å². The summed E-state index contributed by atoms with van der Waals surface area (Å²) < 4.78 is 5.33. The number of carbonyl (C=O) groups excluding carboxylic acids is 1. The molecule has 0 aliphatic heterocycles. The Morgan fingerprint density at radius 3 is 2.69 bits per heavy atom. The first-order valence-electron chi connectivity index (χ1n) is 3.63. The highest BCUT2D eigenvalue weighted by atomic mass is 79.9. The summed E-state index contributed by atoms with van der Waals surface area (Å²) in [6, 6.07) is 1.65. The first-order valence-corrected chi connectivity index (χ1v) is 4.42. The van der Waals surface area contributed by atoms with Crippen molar-refractivity contribution in [1.29, 1.82) is 0 Å². The minimum Gasteiger partial charge on any atom is -0.503 e. The van der Waals surface area contributed by atoms with Gasteiger partial charge in [0.15, 0.2) is 17.8 Å². The van der Waals surface area contributed by atoms with Gasteiger partial charge in [0.2, 0.25) is 0 Å². The Bertz CT molecular complexity index is 347. The zero-order valence-electron chi connectivity index (χ0n) is 7.30. The summed E-state index contributed by atoms with van der Waals surface area (Å²) >= 11 is 3.10. The monoisotopic (exact) mass is 244 g/mol. The van der Waals surface area contributed by atoms with Gasteiger partial charge >= 0.3 is 0 Å². The molecule has 70 valence electrons. The second-order valence-electron chi connectivity index (χ2n) is 2.60. The third kappa shape index (κ3) is 1.67. The van der Waals surface area contributed by atoms with Gasteiger partial charge < -0.3 is 9.84 Å². The van der Waals surface area contributed by atoms with Crippen LogP contribution >= 0.6 is 15.9 Å². The number of hydrogen-bond donors (Lipinski definition) is 1. The van der Waals surface area contributed by atoms with E-state index in [4.69, 9.17) is 4.74 Å². The topological polar surface area (TPSA) is 46.5 Å². The fraction of sp³-hybridized carbons (Fsp3) is 0.222. The number of carbonyl (C=O) groups is 1. The van der Waals surface area contributed by atoms with Crippen LogP contribution in [0.2, 0.25) is 0 Å². The molecule has 0 spiro atoms. The maximum atomic E-state index is 10.5. The van der Waals surface area contributed by atoms with Crippen LogP contribution in [0.25, 0.3) is 0 Å². The fourth-order valence-electron chi connectivity index (χ4n) is 1.13. The summed E-state index contributed by atoms with van der Waals surface area (Å²) in [4.78, 5) is 10.5. The summed E-state index contributed by atoms with van der Waals surface area (Å²) in [7, 11) is 1.47. The molecule has 0 saturated carbocycles. The van der Waals surface area contributed by atoms with E-state index in [1.807, 2.05) is 0 Å². The number of ether oxygens (including phenoxy) is 1. The van der Waals surface area contributed by atoms with Crippen LogP contribution < -0.4 is 4.74 Å². The van der Waals surface area contributed by atoms with Crippen molar-refractivity contribution in [3.05, 3.63) is 21.7 Å². The Kier molecular flexibility index (Phi) is 2.93. The number of phenolic OH excluding ortho intramolecular Hbond substituents is 1. The SMILES string of the molecule is COc1c(C)cc(C=O)c(Br)c1O. The number of rotatable bonds is 2. The van der Waals surface area contributed by atoms with Crippen molar-refractivity contribution in [1.82, 2.24) is 0 Å². The van der Waals surface area contributed by atoms with Crippen molar-refractivity contribution in [3.8, 4) is 11.5 Å². The Morgan fingerprint density at radius 1 is 1.62 bits per heavy atom. The highest BCUT2D eigenvalue weighted by molar-refractivity contribution is 9.10. The normalized spacial score (nSPS) is 9.77. The summed E-state index contributed by atoms with van der Waals surface area (Å²) in [5.41, 5.74) is 1.14. The van der Waals surface area contributed by atoms with Crippen LogP contribution in [-0.2, 0) is 0 Å². The molecule has 0 aromatic heterocycles. The van der Waals surface area contributed by atoms with Crippen LogP contribution in [0.15, 0.2) is 10.5 Å². The maximum Gasteiger partial charge on any atom is 0.173 e. The number of methoxy groups -OCH3 is 1. The van der Waals surface area contributed by atoms with Crippen molar-refractivity contribution < 1.29 is 14.6 Å². The highest BCUT2D eigenvalue weighted by Crippen LogP contribution is 2.38. The first kappa shape index (κ1) is 10.1. The van der Waals surface area contributed by atoms with Gasteiger partial charge in [-0.2, -0.15) is 0 Å². The van der Waals surface area contributed by atoms with Crippen molar-refractivity contribution in [2.45, 2.75) is 6.92 Å². The van der Waals surface area contributed by atoms with Crippen molar-refractivity contribution in [2.75, 3.05) is 7.11 Å². The van der Waals surface area contributed by atoms with E-state index in [1.165, 1.54) is 7.11 Å². The second kappa shape index (κ2) is 3.79. The molecule has 0 bridgehead atoms. The number of aromatic hydroxyl groups is 1. The third-order valence-corrected chi connectivity index (χ3v) is 2.57. The van der Waals surface area contributed by atoms with E-state index in [0.717, 1.165) is 5.56 Å². The number of hydrogen-bond acceptors (Lipinski definition) is 3. The lowest BCUT2D eigenvalue weighted by molar-refractivity contribution is 0.112. The molecule has 1 N–H and O–H groups in total. The van der Waals surface area contributed by atoms with Gasteiger partial charge in [-0.05, 0) is 34.5 Å². The van der Waals surface area contributed by atoms with Crippen LogP contribution in [0, 0.1) is 6.92 Å². The predicted octanol–water partition coefficient (Wildman–Crippen LogP) is 2.28. The molecule has 0 radical (unpaired) electrons. The van der Waals surface area contributed by atoms with E-state index in [2.05, 4.69) is 15.9 Å². The molecule has 0 atom stereocenters. The highest BCUT2D eigenvalue weighted by Gasteiger charge is 2.13. The molecule has 1 aromatic carbocycles. The minimum absolute atomic E-state index is 0.0374. The van der Waals surface area contributed by atoms with Gasteiger partial charge in [0.25, 0.3) is 0 Å². The van der Waals surface area contributed by atoms with Gasteiger partial charge in [0.1, 0.15) is 0 Å². The molecule has 0 aliphatic rings. The zero-order valence-corrected chi connectivity index (χ0v) is 8.88. The number of halogens is 1. The molecule has 0 amide bonds. The van der Waals surface area contributed by atoms with Crippen LogP contribution in [-0.4, -0.2) is 18.5 Å². The van der Waals surface area contributed by atoms with E-state index < -0.39 is 0 Å². The molecular weight excluding hydrogens is 236 g/mol. The Hall–Kier alpha value is -1.03. The molecule has 1 aromatic rings. The molecule has 0 fully saturated rings. The number of aryl methyl sites for hydroxylation is 1. The average Bonchev–Trinajstić information content (AvgIpc) is 2.12. The van der Waals surface area contributed by atoms with E-state index in [9.17, 15) is 9.90 Å². The van der Waals surface area contributed by atoms with Crippen molar-refractivity contribution in [3.63, 3.8) is 0 Å². The van der Waals surface area contributed by atoms with Crippen molar-refractivity contribution >= 4 is 22.2 Å². The summed E-state index contributed by atoms with van der Waals surface area (Å²) in [6.07, 6.45) is 0.677. The van der Waals surface area contributed by atoms with E-state index >= 15 is 0 Å². The number of benzene rings is 1. The second-order valence-corrected chi connectivity index (χ2v) is 3.39. The molecule has 13 heavy (non-hydrogen) atoms. The Balaban J connectivity index is 3.45. The number of aldehydes is 1. The van der Waals surface area contributed by atoms with Crippen LogP contribution in [0.5, 0.6) is 11.5 Å². The molecular formula is C9H9BrO3. The van der Waals surface area contributed by atoms with Gasteiger partial charge in [-0.25, -0.2) is 0 Å². The Labute approximate surface area is 84.5 Å². The molecule has 3 nitrogen and oxygen atoms in total. The lowest BCUT2D eigenvalue weighted by Gasteiger charge is -2.09. The van der Waals surface area contributed by atoms with Crippen LogP contribution in [0.1, 0.15) is 15.9 Å². The lowest BCUT2D eigenvalue weighted by atomic mass is 10.1. The zero-order chi connectivity index (χ0) is 10.0. The van der Waals surface area contributed by atoms with Gasteiger partial charge in [-0.15, -0.1) is 0 Å². The smallest absolute Gasteiger partial charge is 0.173 e. The summed E-state index contributed by atoms with van der Waals surface area (Å²) in [6.45, 7) is 1.76. The van der Waals surface area contributed by atoms with Crippen molar-refractivity contribution in [2.24, 2.45) is 0 Å². The molecule has 1 rings (SSSR count). The minimum atomic E-state index is -0.0374. The Morgan fingerprint density at radius 2 is 2.23 bits per heavy atom. The van der Waals surface area contributed by atoms with Gasteiger partial charge in [-0.3, -0.25) is 4.79 Å². The summed E-state index contributed by atoms with van der Waals surface area (Å²) in [5, 5.41) is 9.56. The van der Waals surface area contributed by atoms with Gasteiger partial charge in [0.05, 0.1) is 11.6 Å². The molecule has 0 saturated heterocycles. The van der Waals surface area contributed by atoms with Crippen LogP contribution in [0.3, 0.4) is 0 Å². The molecule has 4 heteroatoms. The number of phenols is 1. The summed E-state index contributed by atoms with van der Waals surface area (Å²) in [5.74, 6) is 0.349. The first-order chi connectivity index (χ1) is 6.11. The van der Waals surface area contributed by atoms with Gasteiger partial charge in [0, 0.05) is 5.56 Å². The maximum absolute atomic E-state index is 10.5.